The maximum absolute atomic E-state index is 12.8. The van der Waals surface area contributed by atoms with E-state index in [4.69, 9.17) is 10.5 Å². The van der Waals surface area contributed by atoms with E-state index in [9.17, 15) is 8.42 Å². The summed E-state index contributed by atoms with van der Waals surface area (Å²) in [6.07, 6.45) is 1.81. The van der Waals surface area contributed by atoms with Crippen molar-refractivity contribution >= 4 is 10.0 Å². The quantitative estimate of drug-likeness (QED) is 0.922. The molecule has 1 aliphatic rings. The number of benzene rings is 1. The standard InChI is InChI=1S/C15H24N2O3S/c1-11-6-7-17(12(2)8-11)21(18,19)14-4-5-15(20-3)13(9-14)10-16/h4-5,9,11-12H,6-8,10,16H2,1-3H3. The number of nitrogens with zero attached hydrogens (tertiary/aromatic N) is 1. The average molecular weight is 312 g/mol. The number of hydrogen-bond donors (Lipinski definition) is 1. The van der Waals surface area contributed by atoms with Crippen LogP contribution in [0, 0.1) is 5.92 Å². The predicted molar refractivity (Wildman–Crippen MR) is 82.6 cm³/mol. The van der Waals surface area contributed by atoms with Crippen LogP contribution in [0.25, 0.3) is 0 Å². The van der Waals surface area contributed by atoms with Gasteiger partial charge in [-0.05, 0) is 43.9 Å². The van der Waals surface area contributed by atoms with E-state index in [1.54, 1.807) is 29.6 Å². The van der Waals surface area contributed by atoms with Crippen LogP contribution in [0.3, 0.4) is 0 Å². The molecule has 0 aromatic heterocycles. The number of rotatable bonds is 4. The third-order valence-corrected chi connectivity index (χ3v) is 6.17. The largest absolute Gasteiger partial charge is 0.496 e. The molecule has 2 atom stereocenters. The smallest absolute Gasteiger partial charge is 0.243 e. The molecular formula is C15H24N2O3S. The molecule has 0 radical (unpaired) electrons. The van der Waals surface area contributed by atoms with Gasteiger partial charge < -0.3 is 10.5 Å². The summed E-state index contributed by atoms with van der Waals surface area (Å²) < 4.78 is 32.4. The Morgan fingerprint density at radius 1 is 1.38 bits per heavy atom. The Morgan fingerprint density at radius 2 is 2.10 bits per heavy atom. The highest BCUT2D eigenvalue weighted by molar-refractivity contribution is 7.89. The zero-order valence-corrected chi connectivity index (χ0v) is 13.7. The second-order valence-electron chi connectivity index (χ2n) is 5.77. The fourth-order valence-corrected chi connectivity index (χ4v) is 4.66. The van der Waals surface area contributed by atoms with Crippen LogP contribution in [-0.4, -0.2) is 32.4 Å². The molecule has 1 aromatic rings. The van der Waals surface area contributed by atoms with Crippen molar-refractivity contribution in [1.82, 2.24) is 4.31 Å². The van der Waals surface area contributed by atoms with Crippen LogP contribution in [-0.2, 0) is 16.6 Å². The van der Waals surface area contributed by atoms with Gasteiger partial charge in [0.05, 0.1) is 12.0 Å². The molecule has 1 aliphatic heterocycles. The van der Waals surface area contributed by atoms with E-state index in [1.165, 1.54) is 0 Å². The van der Waals surface area contributed by atoms with E-state index in [1.807, 2.05) is 6.92 Å². The van der Waals surface area contributed by atoms with Gasteiger partial charge in [-0.2, -0.15) is 4.31 Å². The molecule has 2 N–H and O–H groups in total. The van der Waals surface area contributed by atoms with Crippen molar-refractivity contribution < 1.29 is 13.2 Å². The molecule has 2 rings (SSSR count). The Balaban J connectivity index is 2.35. The summed E-state index contributed by atoms with van der Waals surface area (Å²) in [5.74, 6) is 1.19. The Bertz CT molecular complexity index is 601. The van der Waals surface area contributed by atoms with Crippen molar-refractivity contribution in [2.75, 3.05) is 13.7 Å². The Kier molecular flexibility index (Phi) is 4.91. The van der Waals surface area contributed by atoms with Gasteiger partial charge in [-0.3, -0.25) is 0 Å². The Morgan fingerprint density at radius 3 is 2.67 bits per heavy atom. The minimum absolute atomic E-state index is 0.0298. The number of nitrogens with two attached hydrogens (primary N) is 1. The first-order valence-electron chi connectivity index (χ1n) is 7.29. The van der Waals surface area contributed by atoms with Crippen LogP contribution in [0.4, 0.5) is 0 Å². The lowest BCUT2D eigenvalue weighted by Gasteiger charge is -2.35. The molecule has 0 spiro atoms. The van der Waals surface area contributed by atoms with Gasteiger partial charge in [-0.25, -0.2) is 8.42 Å². The van der Waals surface area contributed by atoms with Crippen molar-refractivity contribution in [1.29, 1.82) is 0 Å². The van der Waals surface area contributed by atoms with Gasteiger partial charge >= 0.3 is 0 Å². The normalized spacial score (nSPS) is 24.0. The minimum Gasteiger partial charge on any atom is -0.496 e. The van der Waals surface area contributed by atoms with Crippen LogP contribution in [0.2, 0.25) is 0 Å². The third kappa shape index (κ3) is 3.22. The van der Waals surface area contributed by atoms with E-state index in [2.05, 4.69) is 6.92 Å². The van der Waals surface area contributed by atoms with Crippen LogP contribution < -0.4 is 10.5 Å². The summed E-state index contributed by atoms with van der Waals surface area (Å²) in [7, 11) is -1.92. The third-order valence-electron chi connectivity index (χ3n) is 4.16. The molecule has 0 saturated carbocycles. The lowest BCUT2D eigenvalue weighted by atomic mass is 9.95. The van der Waals surface area contributed by atoms with Gasteiger partial charge in [0.1, 0.15) is 5.75 Å². The number of piperidine rings is 1. The van der Waals surface area contributed by atoms with E-state index >= 15 is 0 Å². The molecular weight excluding hydrogens is 288 g/mol. The summed E-state index contributed by atoms with van der Waals surface area (Å²) in [6.45, 7) is 4.97. The molecule has 0 amide bonds. The topological polar surface area (TPSA) is 72.6 Å². The van der Waals surface area contributed by atoms with Crippen LogP contribution in [0.1, 0.15) is 32.3 Å². The predicted octanol–water partition coefficient (Wildman–Crippen LogP) is 1.96. The van der Waals surface area contributed by atoms with Crippen LogP contribution in [0.15, 0.2) is 23.1 Å². The zero-order valence-electron chi connectivity index (χ0n) is 12.9. The first-order valence-corrected chi connectivity index (χ1v) is 8.73. The summed E-state index contributed by atoms with van der Waals surface area (Å²) in [4.78, 5) is 0.296. The SMILES string of the molecule is COc1ccc(S(=O)(=O)N2CCC(C)CC2C)cc1CN. The van der Waals surface area contributed by atoms with Gasteiger partial charge in [0.15, 0.2) is 0 Å². The number of hydrogen-bond acceptors (Lipinski definition) is 4. The van der Waals surface area contributed by atoms with Crippen molar-refractivity contribution in [2.45, 2.75) is 44.2 Å². The average Bonchev–Trinajstić information content (AvgIpc) is 2.46. The van der Waals surface area contributed by atoms with Gasteiger partial charge in [0, 0.05) is 24.7 Å². The maximum atomic E-state index is 12.8. The second-order valence-corrected chi connectivity index (χ2v) is 7.66. The van der Waals surface area contributed by atoms with Crippen molar-refractivity contribution in [3.8, 4) is 5.75 Å². The highest BCUT2D eigenvalue weighted by atomic mass is 32.2. The summed E-state index contributed by atoms with van der Waals surface area (Å²) in [6, 6.07) is 4.92. The van der Waals surface area contributed by atoms with E-state index in [0.29, 0.717) is 28.7 Å². The summed E-state index contributed by atoms with van der Waals surface area (Å²) in [5.41, 5.74) is 6.38. The molecule has 1 aromatic carbocycles. The van der Waals surface area contributed by atoms with Gasteiger partial charge in [-0.15, -0.1) is 0 Å². The monoisotopic (exact) mass is 312 g/mol. The number of methoxy groups -OCH3 is 1. The van der Waals surface area contributed by atoms with Crippen molar-refractivity contribution in [3.05, 3.63) is 23.8 Å². The van der Waals surface area contributed by atoms with Crippen LogP contribution >= 0.6 is 0 Å². The number of ether oxygens (including phenoxy) is 1. The molecule has 21 heavy (non-hydrogen) atoms. The molecule has 1 fully saturated rings. The van der Waals surface area contributed by atoms with Crippen LogP contribution in [0.5, 0.6) is 5.75 Å². The highest BCUT2D eigenvalue weighted by Gasteiger charge is 2.33. The minimum atomic E-state index is -3.47. The fourth-order valence-electron chi connectivity index (χ4n) is 2.95. The molecule has 1 saturated heterocycles. The number of sulfonamides is 1. The molecule has 1 heterocycles. The fraction of sp³-hybridized carbons (Fsp3) is 0.600. The molecule has 6 heteroatoms. The maximum Gasteiger partial charge on any atom is 0.243 e. The molecule has 2 unspecified atom stereocenters. The van der Waals surface area contributed by atoms with Crippen molar-refractivity contribution in [3.63, 3.8) is 0 Å². The Labute approximate surface area is 127 Å². The zero-order chi connectivity index (χ0) is 15.6. The molecule has 0 bridgehead atoms. The first-order chi connectivity index (χ1) is 9.90. The Hall–Kier alpha value is -1.11. The highest BCUT2D eigenvalue weighted by Crippen LogP contribution is 2.30. The van der Waals surface area contributed by atoms with Gasteiger partial charge in [-0.1, -0.05) is 6.92 Å². The molecule has 0 aliphatic carbocycles. The molecule has 118 valence electrons. The van der Waals surface area contributed by atoms with Gasteiger partial charge in [0.25, 0.3) is 0 Å². The lowest BCUT2D eigenvalue weighted by Crippen LogP contribution is -2.44. The van der Waals surface area contributed by atoms with E-state index in [0.717, 1.165) is 12.8 Å². The first kappa shape index (κ1) is 16.3. The summed E-state index contributed by atoms with van der Waals surface area (Å²) >= 11 is 0. The van der Waals surface area contributed by atoms with E-state index < -0.39 is 10.0 Å². The van der Waals surface area contributed by atoms with Gasteiger partial charge in [0.2, 0.25) is 10.0 Å². The molecule has 5 nitrogen and oxygen atoms in total. The summed E-state index contributed by atoms with van der Waals surface area (Å²) in [5, 5.41) is 0. The second kappa shape index (κ2) is 6.34. The lowest BCUT2D eigenvalue weighted by molar-refractivity contribution is 0.220. The van der Waals surface area contributed by atoms with Crippen molar-refractivity contribution in [2.24, 2.45) is 11.7 Å². The van der Waals surface area contributed by atoms with E-state index in [-0.39, 0.29) is 12.6 Å².